The summed E-state index contributed by atoms with van der Waals surface area (Å²) in [6.45, 7) is 3.70. The van der Waals surface area contributed by atoms with E-state index in [0.29, 0.717) is 15.6 Å². The Morgan fingerprint density at radius 1 is 1.29 bits per heavy atom. The molecule has 0 fully saturated rings. The van der Waals surface area contributed by atoms with Crippen molar-refractivity contribution < 1.29 is 19.1 Å². The summed E-state index contributed by atoms with van der Waals surface area (Å²) in [5.74, 6) is -1.04. The molecule has 2 aromatic rings. The minimum Gasteiger partial charge on any atom is -0.461 e. The summed E-state index contributed by atoms with van der Waals surface area (Å²) in [6, 6.07) is 8.59. The predicted molar refractivity (Wildman–Crippen MR) is 110 cm³/mol. The lowest BCUT2D eigenvalue weighted by atomic mass is 10.1. The number of rotatable bonds is 7. The molecule has 3 rings (SSSR count). The molecule has 28 heavy (non-hydrogen) atoms. The van der Waals surface area contributed by atoms with Crippen LogP contribution < -0.4 is 5.43 Å². The Bertz CT molecular complexity index is 983. The molecule has 1 aromatic heterocycles. The number of hydrazone groups is 1. The van der Waals surface area contributed by atoms with Crippen LogP contribution in [0.15, 0.2) is 40.4 Å². The van der Waals surface area contributed by atoms with Crippen molar-refractivity contribution in [3.05, 3.63) is 46.5 Å². The second kappa shape index (κ2) is 8.89. The van der Waals surface area contributed by atoms with Gasteiger partial charge in [-0.3, -0.25) is 15.0 Å². The first-order chi connectivity index (χ1) is 13.5. The van der Waals surface area contributed by atoms with Crippen molar-refractivity contribution >= 4 is 56.6 Å². The van der Waals surface area contributed by atoms with Crippen LogP contribution in [0, 0.1) is 6.92 Å². The molecule has 0 spiro atoms. The molecule has 1 aliphatic rings. The molecule has 1 amide bonds. The van der Waals surface area contributed by atoms with E-state index in [1.165, 1.54) is 11.3 Å². The molecule has 2 heterocycles. The van der Waals surface area contributed by atoms with E-state index >= 15 is 0 Å². The van der Waals surface area contributed by atoms with Crippen LogP contribution in [-0.4, -0.2) is 45.8 Å². The summed E-state index contributed by atoms with van der Waals surface area (Å²) in [5.41, 5.74) is 3.35. The molecule has 8 nitrogen and oxygen atoms in total. The van der Waals surface area contributed by atoms with Crippen LogP contribution in [0.25, 0.3) is 0 Å². The number of ketones is 1. The van der Waals surface area contributed by atoms with E-state index in [-0.39, 0.29) is 40.5 Å². The predicted octanol–water partition coefficient (Wildman–Crippen LogP) is 2.95. The Balaban J connectivity index is 1.89. The molecule has 1 aromatic carbocycles. The van der Waals surface area contributed by atoms with Gasteiger partial charge in [-0.25, -0.2) is 14.8 Å². The number of carbonyl (C=O) groups excluding carboxylic acids is 3. The third kappa shape index (κ3) is 4.52. The number of carbonyl (C=O) groups is 3. The van der Waals surface area contributed by atoms with Gasteiger partial charge in [0.25, 0.3) is 5.91 Å². The van der Waals surface area contributed by atoms with Crippen LogP contribution >= 0.6 is 23.1 Å². The molecule has 1 aliphatic heterocycles. The van der Waals surface area contributed by atoms with E-state index in [9.17, 15) is 14.4 Å². The number of Topliss-reactive ketones (excluding diaryl/α,β-unsaturated/α-hetero) is 1. The van der Waals surface area contributed by atoms with Gasteiger partial charge >= 0.3 is 5.97 Å². The van der Waals surface area contributed by atoms with E-state index in [4.69, 9.17) is 4.74 Å². The number of nitrogens with zero attached hydrogens (tertiary/aromatic N) is 3. The smallest absolute Gasteiger partial charge is 0.358 e. The molecule has 0 radical (unpaired) electrons. The Labute approximate surface area is 169 Å². The van der Waals surface area contributed by atoms with Crippen LogP contribution in [-0.2, 0) is 9.53 Å². The Morgan fingerprint density at radius 2 is 2.04 bits per heavy atom. The monoisotopic (exact) mass is 416 g/mol. The number of esters is 1. The molecular formula is C18H16N4O4S2. The number of amides is 1. The number of nitrogens with one attached hydrogen (secondary N) is 1. The van der Waals surface area contributed by atoms with Crippen molar-refractivity contribution in [2.24, 2.45) is 10.1 Å². The first-order valence-electron chi connectivity index (χ1n) is 8.32. The van der Waals surface area contributed by atoms with Gasteiger partial charge in [-0.15, -0.1) is 0 Å². The molecule has 144 valence electrons. The number of thioether (sulfide) groups is 1. The molecular weight excluding hydrogens is 400 g/mol. The minimum absolute atomic E-state index is 0.0209. The van der Waals surface area contributed by atoms with Gasteiger partial charge < -0.3 is 4.74 Å². The van der Waals surface area contributed by atoms with E-state index in [1.54, 1.807) is 44.2 Å². The fraction of sp³-hybridized carbons (Fsp3) is 0.222. The standard InChI is InChI=1S/C18H16N4O4S2/c1-3-26-17(25)13-10(2)28-18(20-13)22-21-14(16-19-12(23)9-27-16)15(24)11-7-5-4-6-8-11/h4-8H,3,9H2,1-2H3,(H,20,22)/b21-14+. The first-order valence-corrected chi connectivity index (χ1v) is 10.1. The van der Waals surface area contributed by atoms with Crippen molar-refractivity contribution in [2.75, 3.05) is 17.8 Å². The van der Waals surface area contributed by atoms with Gasteiger partial charge in [0.1, 0.15) is 5.04 Å². The van der Waals surface area contributed by atoms with Gasteiger partial charge in [0.15, 0.2) is 11.4 Å². The van der Waals surface area contributed by atoms with Crippen LogP contribution in [0.1, 0.15) is 32.6 Å². The number of anilines is 1. The van der Waals surface area contributed by atoms with E-state index in [1.807, 2.05) is 0 Å². The van der Waals surface area contributed by atoms with Gasteiger partial charge in [-0.1, -0.05) is 53.4 Å². The molecule has 0 saturated heterocycles. The van der Waals surface area contributed by atoms with Crippen LogP contribution in [0.5, 0.6) is 0 Å². The fourth-order valence-electron chi connectivity index (χ4n) is 2.29. The van der Waals surface area contributed by atoms with E-state index < -0.39 is 5.97 Å². The zero-order chi connectivity index (χ0) is 20.1. The van der Waals surface area contributed by atoms with Crippen molar-refractivity contribution in [1.82, 2.24) is 4.98 Å². The number of aryl methyl sites for hydroxylation is 1. The van der Waals surface area contributed by atoms with Crippen molar-refractivity contribution in [1.29, 1.82) is 0 Å². The Kier molecular flexibility index (Phi) is 6.32. The Morgan fingerprint density at radius 3 is 2.68 bits per heavy atom. The number of aromatic nitrogens is 1. The topological polar surface area (TPSA) is 110 Å². The maximum absolute atomic E-state index is 12.9. The average molecular weight is 416 g/mol. The summed E-state index contributed by atoms with van der Waals surface area (Å²) in [5, 5.41) is 4.74. The van der Waals surface area contributed by atoms with Crippen molar-refractivity contribution in [2.45, 2.75) is 13.8 Å². The summed E-state index contributed by atoms with van der Waals surface area (Å²) in [4.78, 5) is 45.0. The van der Waals surface area contributed by atoms with Gasteiger partial charge in [0.2, 0.25) is 10.9 Å². The molecule has 0 aliphatic carbocycles. The van der Waals surface area contributed by atoms with Gasteiger partial charge in [-0.05, 0) is 13.8 Å². The third-order valence-electron chi connectivity index (χ3n) is 3.54. The number of aliphatic imine (C=N–C) groups is 1. The second-order valence-corrected chi connectivity index (χ2v) is 7.68. The summed E-state index contributed by atoms with van der Waals surface area (Å²) in [6.07, 6.45) is 0. The lowest BCUT2D eigenvalue weighted by Gasteiger charge is -2.05. The molecule has 0 saturated carbocycles. The highest BCUT2D eigenvalue weighted by molar-refractivity contribution is 8.17. The van der Waals surface area contributed by atoms with Crippen LogP contribution in [0.2, 0.25) is 0 Å². The molecule has 1 N–H and O–H groups in total. The highest BCUT2D eigenvalue weighted by Crippen LogP contribution is 2.23. The number of ether oxygens (including phenoxy) is 1. The molecule has 0 bridgehead atoms. The highest BCUT2D eigenvalue weighted by Gasteiger charge is 2.26. The number of thiazole rings is 1. The zero-order valence-electron chi connectivity index (χ0n) is 15.1. The maximum atomic E-state index is 12.9. The largest absolute Gasteiger partial charge is 0.461 e. The number of benzene rings is 1. The fourth-order valence-corrected chi connectivity index (χ4v) is 3.80. The average Bonchev–Trinajstić information content (AvgIpc) is 3.28. The van der Waals surface area contributed by atoms with Crippen molar-refractivity contribution in [3.63, 3.8) is 0 Å². The van der Waals surface area contributed by atoms with Crippen LogP contribution in [0.3, 0.4) is 0 Å². The maximum Gasteiger partial charge on any atom is 0.358 e. The molecule has 10 heteroatoms. The first kappa shape index (κ1) is 19.9. The van der Waals surface area contributed by atoms with Gasteiger partial charge in [0, 0.05) is 10.4 Å². The highest BCUT2D eigenvalue weighted by atomic mass is 32.2. The lowest BCUT2D eigenvalue weighted by Crippen LogP contribution is -2.23. The number of hydrogen-bond acceptors (Lipinski definition) is 9. The van der Waals surface area contributed by atoms with Crippen molar-refractivity contribution in [3.8, 4) is 0 Å². The normalized spacial score (nSPS) is 14.0. The zero-order valence-corrected chi connectivity index (χ0v) is 16.7. The lowest BCUT2D eigenvalue weighted by molar-refractivity contribution is -0.115. The SMILES string of the molecule is CCOC(=O)c1nc(N/N=C(\C(=O)c2ccccc2)C2=NC(=O)CS2)sc1C. The van der Waals surface area contributed by atoms with E-state index in [2.05, 4.69) is 20.5 Å². The Hall–Kier alpha value is -2.85. The van der Waals surface area contributed by atoms with E-state index in [0.717, 1.165) is 11.8 Å². The van der Waals surface area contributed by atoms with Gasteiger partial charge in [-0.2, -0.15) is 5.10 Å². The molecule has 0 unspecified atom stereocenters. The molecule has 0 atom stereocenters. The quantitative estimate of drug-likeness (QED) is 0.320. The third-order valence-corrected chi connectivity index (χ3v) is 5.37. The summed E-state index contributed by atoms with van der Waals surface area (Å²) >= 11 is 2.36. The van der Waals surface area contributed by atoms with Gasteiger partial charge in [0.05, 0.1) is 12.4 Å². The summed E-state index contributed by atoms with van der Waals surface area (Å²) < 4.78 is 4.96. The number of hydrogen-bond donors (Lipinski definition) is 1. The van der Waals surface area contributed by atoms with Crippen LogP contribution in [0.4, 0.5) is 5.13 Å². The minimum atomic E-state index is -0.518. The second-order valence-electron chi connectivity index (χ2n) is 5.51. The summed E-state index contributed by atoms with van der Waals surface area (Å²) in [7, 11) is 0.